The summed E-state index contributed by atoms with van der Waals surface area (Å²) in [4.78, 5) is 14.5. The number of likely N-dealkylation sites (N-methyl/N-ethyl adjacent to an activating group) is 1. The third-order valence-electron chi connectivity index (χ3n) is 5.09. The van der Waals surface area contributed by atoms with E-state index in [2.05, 4.69) is 17.1 Å². The predicted molar refractivity (Wildman–Crippen MR) is 97.4 cm³/mol. The highest BCUT2D eigenvalue weighted by molar-refractivity contribution is 6.31. The SMILES string of the molecule is CCN(CC(=O)NC1CCC2(CC1)OCCO2)Cc1ccccc1Cl. The highest BCUT2D eigenvalue weighted by Gasteiger charge is 2.40. The lowest BCUT2D eigenvalue weighted by atomic mass is 9.90. The molecule has 0 radical (unpaired) electrons. The molecule has 1 spiro atoms. The van der Waals surface area contributed by atoms with Crippen LogP contribution in [0.3, 0.4) is 0 Å². The number of hydrogen-bond donors (Lipinski definition) is 1. The number of nitrogens with one attached hydrogen (secondary N) is 1. The summed E-state index contributed by atoms with van der Waals surface area (Å²) < 4.78 is 11.5. The number of nitrogens with zero attached hydrogens (tertiary/aromatic N) is 1. The van der Waals surface area contributed by atoms with Crippen LogP contribution in [0, 0.1) is 0 Å². The maximum atomic E-state index is 12.4. The van der Waals surface area contributed by atoms with Crippen LogP contribution in [0.15, 0.2) is 24.3 Å². The fraction of sp³-hybridized carbons (Fsp3) is 0.632. The minimum Gasteiger partial charge on any atom is -0.352 e. The first kappa shape index (κ1) is 18.6. The minimum absolute atomic E-state index is 0.0723. The molecule has 1 saturated heterocycles. The van der Waals surface area contributed by atoms with E-state index in [4.69, 9.17) is 21.1 Å². The molecule has 1 amide bonds. The van der Waals surface area contributed by atoms with Crippen molar-refractivity contribution >= 4 is 17.5 Å². The van der Waals surface area contributed by atoms with Gasteiger partial charge in [0.1, 0.15) is 0 Å². The van der Waals surface area contributed by atoms with E-state index < -0.39 is 0 Å². The van der Waals surface area contributed by atoms with E-state index in [-0.39, 0.29) is 17.7 Å². The predicted octanol–water partition coefficient (Wildman–Crippen LogP) is 2.96. The molecule has 6 heteroatoms. The number of benzene rings is 1. The number of amides is 1. The summed E-state index contributed by atoms with van der Waals surface area (Å²) in [5.74, 6) is -0.302. The quantitative estimate of drug-likeness (QED) is 0.841. The van der Waals surface area contributed by atoms with E-state index in [0.717, 1.165) is 42.8 Å². The number of halogens is 1. The first-order chi connectivity index (χ1) is 12.1. The van der Waals surface area contributed by atoms with Crippen molar-refractivity contribution in [3.05, 3.63) is 34.9 Å². The number of hydrogen-bond acceptors (Lipinski definition) is 4. The summed E-state index contributed by atoms with van der Waals surface area (Å²) in [5, 5.41) is 3.91. The van der Waals surface area contributed by atoms with Gasteiger partial charge in [-0.1, -0.05) is 36.7 Å². The Morgan fingerprint density at radius 1 is 1.28 bits per heavy atom. The second kappa shape index (κ2) is 8.49. The second-order valence-corrected chi connectivity index (χ2v) is 7.25. The van der Waals surface area contributed by atoms with Gasteiger partial charge in [0, 0.05) is 30.5 Å². The van der Waals surface area contributed by atoms with Crippen LogP contribution < -0.4 is 5.32 Å². The normalized spacial score (nSPS) is 20.3. The smallest absolute Gasteiger partial charge is 0.234 e. The zero-order valence-electron chi connectivity index (χ0n) is 14.8. The lowest BCUT2D eigenvalue weighted by molar-refractivity contribution is -0.180. The Balaban J connectivity index is 1.45. The first-order valence-corrected chi connectivity index (χ1v) is 9.51. The van der Waals surface area contributed by atoms with Gasteiger partial charge in [-0.25, -0.2) is 0 Å². The zero-order chi connectivity index (χ0) is 17.7. The van der Waals surface area contributed by atoms with E-state index in [0.29, 0.717) is 26.3 Å². The Morgan fingerprint density at radius 3 is 2.60 bits per heavy atom. The van der Waals surface area contributed by atoms with Crippen molar-refractivity contribution < 1.29 is 14.3 Å². The molecule has 0 bridgehead atoms. The molecule has 0 atom stereocenters. The van der Waals surface area contributed by atoms with Crippen molar-refractivity contribution in [3.63, 3.8) is 0 Å². The molecule has 5 nitrogen and oxygen atoms in total. The Bertz CT molecular complexity index is 580. The van der Waals surface area contributed by atoms with Gasteiger partial charge in [-0.15, -0.1) is 0 Å². The topological polar surface area (TPSA) is 50.8 Å². The van der Waals surface area contributed by atoms with Crippen molar-refractivity contribution in [3.8, 4) is 0 Å². The van der Waals surface area contributed by atoms with Gasteiger partial charge < -0.3 is 14.8 Å². The van der Waals surface area contributed by atoms with Crippen molar-refractivity contribution in [1.29, 1.82) is 0 Å². The Hall–Kier alpha value is -1.14. The molecule has 25 heavy (non-hydrogen) atoms. The van der Waals surface area contributed by atoms with Crippen LogP contribution in [0.25, 0.3) is 0 Å². The number of carbonyl (C=O) groups excluding carboxylic acids is 1. The molecule has 1 aromatic carbocycles. The van der Waals surface area contributed by atoms with Gasteiger partial charge in [-0.05, 0) is 31.0 Å². The number of rotatable bonds is 6. The van der Waals surface area contributed by atoms with Crippen molar-refractivity contribution in [2.75, 3.05) is 26.3 Å². The van der Waals surface area contributed by atoms with Gasteiger partial charge >= 0.3 is 0 Å². The maximum absolute atomic E-state index is 12.4. The molecular formula is C19H27ClN2O3. The van der Waals surface area contributed by atoms with Gasteiger partial charge in [-0.2, -0.15) is 0 Å². The molecule has 2 fully saturated rings. The van der Waals surface area contributed by atoms with E-state index in [9.17, 15) is 4.79 Å². The standard InChI is InChI=1S/C19H27ClN2O3/c1-2-22(13-15-5-3-4-6-17(15)20)14-18(23)21-16-7-9-19(10-8-16)24-11-12-25-19/h3-6,16H,2,7-14H2,1H3,(H,21,23). The summed E-state index contributed by atoms with van der Waals surface area (Å²) in [7, 11) is 0. The molecule has 3 rings (SSSR count). The van der Waals surface area contributed by atoms with E-state index in [1.807, 2.05) is 24.3 Å². The average molecular weight is 367 g/mol. The van der Waals surface area contributed by atoms with Crippen LogP contribution >= 0.6 is 11.6 Å². The molecule has 1 aromatic rings. The highest BCUT2D eigenvalue weighted by Crippen LogP contribution is 2.35. The summed E-state index contributed by atoms with van der Waals surface area (Å²) >= 11 is 6.23. The fourth-order valence-electron chi connectivity index (χ4n) is 3.61. The van der Waals surface area contributed by atoms with Crippen LogP contribution in [0.2, 0.25) is 5.02 Å². The molecule has 1 N–H and O–H groups in total. The van der Waals surface area contributed by atoms with Gasteiger partial charge in [-0.3, -0.25) is 9.69 Å². The third-order valence-corrected chi connectivity index (χ3v) is 5.46. The van der Waals surface area contributed by atoms with Crippen LogP contribution in [0.5, 0.6) is 0 Å². The number of ether oxygens (including phenoxy) is 2. The Labute approximate surface area is 154 Å². The third kappa shape index (κ3) is 4.94. The summed E-state index contributed by atoms with van der Waals surface area (Å²) in [6.07, 6.45) is 3.52. The lowest BCUT2D eigenvalue weighted by Gasteiger charge is -2.35. The minimum atomic E-state index is -0.374. The molecule has 1 saturated carbocycles. The van der Waals surface area contributed by atoms with Crippen LogP contribution in [0.4, 0.5) is 0 Å². The Morgan fingerprint density at radius 2 is 1.96 bits per heavy atom. The summed E-state index contributed by atoms with van der Waals surface area (Å²) in [5.41, 5.74) is 1.05. The lowest BCUT2D eigenvalue weighted by Crippen LogP contribution is -2.46. The second-order valence-electron chi connectivity index (χ2n) is 6.84. The van der Waals surface area contributed by atoms with Crippen molar-refractivity contribution in [2.24, 2.45) is 0 Å². The van der Waals surface area contributed by atoms with Crippen LogP contribution in [0.1, 0.15) is 38.2 Å². The zero-order valence-corrected chi connectivity index (χ0v) is 15.6. The molecule has 138 valence electrons. The average Bonchev–Trinajstić information content (AvgIpc) is 3.07. The van der Waals surface area contributed by atoms with Gasteiger partial charge in [0.25, 0.3) is 0 Å². The van der Waals surface area contributed by atoms with E-state index >= 15 is 0 Å². The molecule has 0 unspecified atom stereocenters. The molecular weight excluding hydrogens is 340 g/mol. The maximum Gasteiger partial charge on any atom is 0.234 e. The van der Waals surface area contributed by atoms with Crippen LogP contribution in [-0.4, -0.2) is 48.9 Å². The largest absolute Gasteiger partial charge is 0.352 e. The molecule has 1 aliphatic heterocycles. The highest BCUT2D eigenvalue weighted by atomic mass is 35.5. The first-order valence-electron chi connectivity index (χ1n) is 9.13. The van der Waals surface area contributed by atoms with Gasteiger partial charge in [0.05, 0.1) is 19.8 Å². The van der Waals surface area contributed by atoms with Crippen LogP contribution in [-0.2, 0) is 20.8 Å². The molecule has 1 aliphatic carbocycles. The van der Waals surface area contributed by atoms with E-state index in [1.54, 1.807) is 0 Å². The monoisotopic (exact) mass is 366 g/mol. The van der Waals surface area contributed by atoms with Gasteiger partial charge in [0.2, 0.25) is 5.91 Å². The molecule has 0 aromatic heterocycles. The molecule has 2 aliphatic rings. The van der Waals surface area contributed by atoms with Crippen molar-refractivity contribution in [2.45, 2.75) is 51.0 Å². The van der Waals surface area contributed by atoms with Gasteiger partial charge in [0.15, 0.2) is 5.79 Å². The fourth-order valence-corrected chi connectivity index (χ4v) is 3.81. The molecule has 1 heterocycles. The summed E-state index contributed by atoms with van der Waals surface area (Å²) in [6.45, 7) is 5.29. The Kier molecular flexibility index (Phi) is 6.34. The van der Waals surface area contributed by atoms with Crippen molar-refractivity contribution in [1.82, 2.24) is 10.2 Å². The summed E-state index contributed by atoms with van der Waals surface area (Å²) in [6, 6.07) is 7.99. The van der Waals surface area contributed by atoms with E-state index in [1.165, 1.54) is 0 Å². The number of carbonyl (C=O) groups is 1.